The van der Waals surface area contributed by atoms with Gasteiger partial charge in [-0.1, -0.05) is 115 Å². The second kappa shape index (κ2) is 8.95. The molecule has 0 spiro atoms. The third-order valence-corrected chi connectivity index (χ3v) is 8.47. The number of rotatable bonds is 3. The molecule has 7 aromatic carbocycles. The first-order valence-electron chi connectivity index (χ1n) is 14.3. The first-order valence-corrected chi connectivity index (χ1v) is 14.3. The van der Waals surface area contributed by atoms with Gasteiger partial charge in [-0.2, -0.15) is 0 Å². The van der Waals surface area contributed by atoms with E-state index in [0.29, 0.717) is 0 Å². The van der Waals surface area contributed by atoms with Crippen molar-refractivity contribution in [1.82, 2.24) is 0 Å². The third-order valence-electron chi connectivity index (χ3n) is 8.47. The van der Waals surface area contributed by atoms with Gasteiger partial charge < -0.3 is 8.83 Å². The van der Waals surface area contributed by atoms with Crippen LogP contribution in [-0.2, 0) is 0 Å². The maximum atomic E-state index is 6.71. The van der Waals surface area contributed by atoms with E-state index in [-0.39, 0.29) is 0 Å². The van der Waals surface area contributed by atoms with Gasteiger partial charge in [0.05, 0.1) is 5.56 Å². The molecule has 0 radical (unpaired) electrons. The molecule has 0 fully saturated rings. The highest BCUT2D eigenvalue weighted by molar-refractivity contribution is 6.24. The van der Waals surface area contributed by atoms with Crippen molar-refractivity contribution < 1.29 is 8.83 Å². The Morgan fingerprint density at radius 3 is 1.45 bits per heavy atom. The van der Waals surface area contributed by atoms with Crippen LogP contribution in [0.1, 0.15) is 0 Å². The molecule has 0 aliphatic carbocycles. The number of furan rings is 2. The Hall–Kier alpha value is -5.60. The van der Waals surface area contributed by atoms with Crippen molar-refractivity contribution in [3.05, 3.63) is 146 Å². The fourth-order valence-corrected chi connectivity index (χ4v) is 6.45. The number of hydrogen-bond acceptors (Lipinski definition) is 2. The Morgan fingerprint density at radius 1 is 0.333 bits per heavy atom. The molecule has 0 saturated carbocycles. The maximum Gasteiger partial charge on any atom is 0.147 e. The van der Waals surface area contributed by atoms with Crippen molar-refractivity contribution >= 4 is 54.6 Å². The molecule has 0 amide bonds. The molecule has 0 saturated heterocycles. The third kappa shape index (κ3) is 3.45. The summed E-state index contributed by atoms with van der Waals surface area (Å²) in [6, 6.07) is 51.3. The van der Waals surface area contributed by atoms with E-state index in [2.05, 4.69) is 146 Å². The van der Waals surface area contributed by atoms with Crippen LogP contribution in [0.4, 0.5) is 0 Å². The molecule has 9 aromatic rings. The second-order valence-corrected chi connectivity index (χ2v) is 10.9. The van der Waals surface area contributed by atoms with E-state index in [1.54, 1.807) is 0 Å². The fraction of sp³-hybridized carbons (Fsp3) is 0. The fourth-order valence-electron chi connectivity index (χ4n) is 6.45. The van der Waals surface area contributed by atoms with Crippen molar-refractivity contribution in [1.29, 1.82) is 0 Å². The molecule has 2 nitrogen and oxygen atoms in total. The number of hydrogen-bond donors (Lipinski definition) is 0. The zero-order valence-electron chi connectivity index (χ0n) is 22.7. The summed E-state index contributed by atoms with van der Waals surface area (Å²) in [5.74, 6) is 0. The van der Waals surface area contributed by atoms with Crippen LogP contribution in [-0.4, -0.2) is 0 Å². The van der Waals surface area contributed by atoms with Crippen molar-refractivity contribution in [2.45, 2.75) is 0 Å². The standard InChI is InChI=1S/C40H24O2/c1-3-10-25(11-4-1)28-18-20-36-32(22-28)34-24-35-33-23-29(26-12-5-2-6-13-26)19-21-37(33)42-40(35)38(39(34)41-36)31-17-9-15-27-14-7-8-16-30(27)31/h1-24H. The number of benzene rings is 7. The number of fused-ring (bicyclic) bond motifs is 7. The summed E-state index contributed by atoms with van der Waals surface area (Å²) in [7, 11) is 0. The SMILES string of the molecule is c1ccc(-c2ccc3oc4c(-c5cccc6ccccc56)c5oc6ccc(-c7ccccc7)cc6c5cc4c3c2)cc1. The van der Waals surface area contributed by atoms with Crippen molar-refractivity contribution in [2.24, 2.45) is 0 Å². The molecule has 42 heavy (non-hydrogen) atoms. The van der Waals surface area contributed by atoms with Crippen LogP contribution < -0.4 is 0 Å². The molecule has 0 atom stereocenters. The maximum absolute atomic E-state index is 6.71. The van der Waals surface area contributed by atoms with Gasteiger partial charge >= 0.3 is 0 Å². The van der Waals surface area contributed by atoms with Gasteiger partial charge in [0.2, 0.25) is 0 Å². The van der Waals surface area contributed by atoms with Gasteiger partial charge in [0, 0.05) is 21.5 Å². The van der Waals surface area contributed by atoms with E-state index in [1.807, 2.05) is 0 Å². The quantitative estimate of drug-likeness (QED) is 0.224. The van der Waals surface area contributed by atoms with Crippen LogP contribution in [0.3, 0.4) is 0 Å². The summed E-state index contributed by atoms with van der Waals surface area (Å²) in [6.07, 6.45) is 0. The Bertz CT molecular complexity index is 2310. The molecule has 2 aromatic heterocycles. The highest BCUT2D eigenvalue weighted by Gasteiger charge is 2.22. The van der Waals surface area contributed by atoms with Gasteiger partial charge in [-0.25, -0.2) is 0 Å². The van der Waals surface area contributed by atoms with E-state index >= 15 is 0 Å². The predicted molar refractivity (Wildman–Crippen MR) is 175 cm³/mol. The highest BCUT2D eigenvalue weighted by Crippen LogP contribution is 2.47. The van der Waals surface area contributed by atoms with E-state index in [1.165, 1.54) is 33.0 Å². The Kier molecular flexibility index (Phi) is 4.93. The molecule has 2 heterocycles. The molecule has 2 heteroatoms. The second-order valence-electron chi connectivity index (χ2n) is 10.9. The van der Waals surface area contributed by atoms with E-state index < -0.39 is 0 Å². The van der Waals surface area contributed by atoms with Gasteiger partial charge in [-0.3, -0.25) is 0 Å². The Balaban J connectivity index is 1.43. The summed E-state index contributed by atoms with van der Waals surface area (Å²) in [5, 5.41) is 6.73. The summed E-state index contributed by atoms with van der Waals surface area (Å²) in [6.45, 7) is 0. The van der Waals surface area contributed by atoms with Crippen LogP contribution in [0.25, 0.3) is 88.0 Å². The van der Waals surface area contributed by atoms with Crippen LogP contribution in [0.5, 0.6) is 0 Å². The van der Waals surface area contributed by atoms with Crippen LogP contribution in [0.15, 0.2) is 154 Å². The molecule has 0 bridgehead atoms. The topological polar surface area (TPSA) is 26.3 Å². The molecule has 196 valence electrons. The van der Waals surface area contributed by atoms with E-state index in [9.17, 15) is 0 Å². The first kappa shape index (κ1) is 23.1. The van der Waals surface area contributed by atoms with Gasteiger partial charge in [0.15, 0.2) is 0 Å². The molecule has 0 N–H and O–H groups in total. The van der Waals surface area contributed by atoms with Crippen LogP contribution >= 0.6 is 0 Å². The van der Waals surface area contributed by atoms with Gasteiger partial charge in [0.1, 0.15) is 22.3 Å². The monoisotopic (exact) mass is 536 g/mol. The lowest BCUT2D eigenvalue weighted by Crippen LogP contribution is -1.84. The van der Waals surface area contributed by atoms with Gasteiger partial charge in [-0.05, 0) is 68.9 Å². The molecular formula is C40H24O2. The highest BCUT2D eigenvalue weighted by atomic mass is 16.3. The average Bonchev–Trinajstić information content (AvgIpc) is 3.61. The molecular weight excluding hydrogens is 512 g/mol. The zero-order valence-corrected chi connectivity index (χ0v) is 22.7. The lowest BCUT2D eigenvalue weighted by Gasteiger charge is -2.09. The minimum atomic E-state index is 0.849. The average molecular weight is 537 g/mol. The molecule has 0 aliphatic heterocycles. The molecule has 0 unspecified atom stereocenters. The van der Waals surface area contributed by atoms with Crippen molar-refractivity contribution in [3.63, 3.8) is 0 Å². The summed E-state index contributed by atoms with van der Waals surface area (Å²) >= 11 is 0. The molecule has 0 aliphatic rings. The minimum absolute atomic E-state index is 0.849. The first-order chi connectivity index (χ1) is 20.8. The van der Waals surface area contributed by atoms with E-state index in [4.69, 9.17) is 8.83 Å². The van der Waals surface area contributed by atoms with Crippen LogP contribution in [0, 0.1) is 0 Å². The van der Waals surface area contributed by atoms with E-state index in [0.717, 1.165) is 55.0 Å². The Labute approximate surface area is 242 Å². The molecule has 9 rings (SSSR count). The largest absolute Gasteiger partial charge is 0.455 e. The summed E-state index contributed by atoms with van der Waals surface area (Å²) < 4.78 is 13.4. The zero-order chi connectivity index (χ0) is 27.6. The predicted octanol–water partition coefficient (Wildman–Crippen LogP) is 11.6. The van der Waals surface area contributed by atoms with Gasteiger partial charge in [-0.15, -0.1) is 0 Å². The smallest absolute Gasteiger partial charge is 0.147 e. The lowest BCUT2D eigenvalue weighted by atomic mass is 9.94. The normalized spacial score (nSPS) is 11.8. The van der Waals surface area contributed by atoms with Crippen LogP contribution in [0.2, 0.25) is 0 Å². The summed E-state index contributed by atoms with van der Waals surface area (Å²) in [4.78, 5) is 0. The summed E-state index contributed by atoms with van der Waals surface area (Å²) in [5.41, 5.74) is 10.2. The minimum Gasteiger partial charge on any atom is -0.455 e. The van der Waals surface area contributed by atoms with Crippen molar-refractivity contribution in [3.8, 4) is 33.4 Å². The van der Waals surface area contributed by atoms with Gasteiger partial charge in [0.25, 0.3) is 0 Å². The Morgan fingerprint density at radius 2 is 0.857 bits per heavy atom. The lowest BCUT2D eigenvalue weighted by molar-refractivity contribution is 0.658. The van der Waals surface area contributed by atoms with Crippen molar-refractivity contribution in [2.75, 3.05) is 0 Å².